The van der Waals surface area contributed by atoms with E-state index in [1.54, 1.807) is 29.4 Å². The first-order valence-corrected chi connectivity index (χ1v) is 10.3. The van der Waals surface area contributed by atoms with Crippen LogP contribution in [0.2, 0.25) is 0 Å². The van der Waals surface area contributed by atoms with Crippen molar-refractivity contribution < 1.29 is 9.18 Å². The second-order valence-corrected chi connectivity index (χ2v) is 7.66. The van der Waals surface area contributed by atoms with Crippen LogP contribution in [0.1, 0.15) is 15.9 Å². The fourth-order valence-corrected chi connectivity index (χ4v) is 4.00. The summed E-state index contributed by atoms with van der Waals surface area (Å²) in [4.78, 5) is 21.3. The Hall–Kier alpha value is -3.74. The zero-order valence-electron chi connectivity index (χ0n) is 17.0. The molecular formula is C24H22FN5O. The largest absolute Gasteiger partial charge is 0.366 e. The highest BCUT2D eigenvalue weighted by Gasteiger charge is 2.24. The van der Waals surface area contributed by atoms with Gasteiger partial charge in [-0.3, -0.25) is 4.79 Å². The van der Waals surface area contributed by atoms with Crippen LogP contribution in [0.3, 0.4) is 0 Å². The number of hydrogen-bond donors (Lipinski definition) is 0. The van der Waals surface area contributed by atoms with Crippen LogP contribution >= 0.6 is 0 Å². The molecule has 2 aromatic heterocycles. The van der Waals surface area contributed by atoms with Gasteiger partial charge >= 0.3 is 0 Å². The van der Waals surface area contributed by atoms with Gasteiger partial charge in [-0.05, 0) is 23.8 Å². The number of anilines is 1. The van der Waals surface area contributed by atoms with Gasteiger partial charge in [-0.25, -0.2) is 14.1 Å². The lowest BCUT2D eigenvalue weighted by molar-refractivity contribution is 0.0746. The molecule has 7 heteroatoms. The number of amides is 1. The van der Waals surface area contributed by atoms with E-state index in [1.165, 1.54) is 6.07 Å². The molecule has 0 spiro atoms. The van der Waals surface area contributed by atoms with E-state index in [-0.39, 0.29) is 11.7 Å². The topological polar surface area (TPSA) is 54.3 Å². The van der Waals surface area contributed by atoms with Crippen molar-refractivity contribution in [1.29, 1.82) is 0 Å². The van der Waals surface area contributed by atoms with E-state index in [4.69, 9.17) is 0 Å². The van der Waals surface area contributed by atoms with Gasteiger partial charge in [0.1, 0.15) is 5.82 Å². The van der Waals surface area contributed by atoms with Crippen LogP contribution in [0.25, 0.3) is 11.0 Å². The normalized spacial score (nSPS) is 14.2. The molecule has 4 aromatic rings. The maximum Gasteiger partial charge on any atom is 0.255 e. The molecule has 31 heavy (non-hydrogen) atoms. The summed E-state index contributed by atoms with van der Waals surface area (Å²) in [6.07, 6.45) is 3.37. The minimum atomic E-state index is -0.232. The highest BCUT2D eigenvalue weighted by Crippen LogP contribution is 2.21. The summed E-state index contributed by atoms with van der Waals surface area (Å²) in [6, 6.07) is 18.7. The monoisotopic (exact) mass is 415 g/mol. The predicted molar refractivity (Wildman–Crippen MR) is 118 cm³/mol. The highest BCUT2D eigenvalue weighted by atomic mass is 19.1. The van der Waals surface area contributed by atoms with E-state index in [9.17, 15) is 9.18 Å². The van der Waals surface area contributed by atoms with Crippen molar-refractivity contribution in [2.75, 3.05) is 31.1 Å². The Balaban J connectivity index is 1.29. The molecule has 1 saturated heterocycles. The number of carbonyl (C=O) groups is 1. The van der Waals surface area contributed by atoms with Crippen molar-refractivity contribution in [3.8, 4) is 0 Å². The number of pyridine rings is 1. The molecular weight excluding hydrogens is 393 g/mol. The zero-order chi connectivity index (χ0) is 21.2. The summed E-state index contributed by atoms with van der Waals surface area (Å²) < 4.78 is 15.9. The summed E-state index contributed by atoms with van der Waals surface area (Å²) in [6.45, 7) is 2.90. The summed E-state index contributed by atoms with van der Waals surface area (Å²) in [5.74, 6) is -0.289. The number of carbonyl (C=O) groups excluding carboxylic acids is 1. The van der Waals surface area contributed by atoms with Gasteiger partial charge in [-0.1, -0.05) is 42.5 Å². The average molecular weight is 415 g/mol. The van der Waals surface area contributed by atoms with Crippen LogP contribution in [0.5, 0.6) is 0 Å². The second-order valence-electron chi connectivity index (χ2n) is 7.66. The molecule has 0 radical (unpaired) electrons. The number of fused-ring (bicyclic) bond motifs is 1. The van der Waals surface area contributed by atoms with Crippen molar-refractivity contribution >= 4 is 22.6 Å². The number of nitrogens with zero attached hydrogens (tertiary/aromatic N) is 5. The first kappa shape index (κ1) is 19.2. The van der Waals surface area contributed by atoms with Crippen molar-refractivity contribution in [2.24, 2.45) is 0 Å². The van der Waals surface area contributed by atoms with Crippen molar-refractivity contribution in [1.82, 2.24) is 19.7 Å². The third-order valence-electron chi connectivity index (χ3n) is 5.66. The molecule has 1 amide bonds. The Morgan fingerprint density at radius 2 is 1.68 bits per heavy atom. The van der Waals surface area contributed by atoms with Crippen LogP contribution in [0, 0.1) is 5.82 Å². The molecule has 0 unspecified atom stereocenters. The molecule has 3 heterocycles. The predicted octanol–water partition coefficient (Wildman–Crippen LogP) is 3.58. The maximum atomic E-state index is 14.0. The van der Waals surface area contributed by atoms with Gasteiger partial charge in [-0.2, -0.15) is 5.10 Å². The number of aromatic nitrogens is 3. The molecule has 0 atom stereocenters. The van der Waals surface area contributed by atoms with Crippen LogP contribution < -0.4 is 4.90 Å². The minimum absolute atomic E-state index is 0.0570. The van der Waals surface area contributed by atoms with Crippen molar-refractivity contribution in [3.63, 3.8) is 0 Å². The molecule has 156 valence electrons. The molecule has 0 aliphatic carbocycles. The summed E-state index contributed by atoms with van der Waals surface area (Å²) in [5, 5.41) is 5.28. The lowest BCUT2D eigenvalue weighted by atomic mass is 10.2. The maximum absolute atomic E-state index is 14.0. The third kappa shape index (κ3) is 3.86. The quantitative estimate of drug-likeness (QED) is 0.511. The van der Waals surface area contributed by atoms with Crippen LogP contribution in [0.15, 0.2) is 73.1 Å². The lowest BCUT2D eigenvalue weighted by Gasteiger charge is -2.36. The number of benzene rings is 2. The van der Waals surface area contributed by atoms with Gasteiger partial charge in [0.25, 0.3) is 5.91 Å². The van der Waals surface area contributed by atoms with Gasteiger partial charge in [0, 0.05) is 37.8 Å². The number of hydrogen-bond acceptors (Lipinski definition) is 4. The fourth-order valence-electron chi connectivity index (χ4n) is 4.00. The van der Waals surface area contributed by atoms with Gasteiger partial charge < -0.3 is 9.80 Å². The molecule has 1 aliphatic heterocycles. The number of para-hydroxylation sites is 1. The van der Waals surface area contributed by atoms with E-state index < -0.39 is 0 Å². The third-order valence-corrected chi connectivity index (χ3v) is 5.66. The van der Waals surface area contributed by atoms with Gasteiger partial charge in [0.15, 0.2) is 5.65 Å². The molecule has 1 aliphatic rings. The number of rotatable bonds is 4. The Morgan fingerprint density at radius 3 is 2.45 bits per heavy atom. The summed E-state index contributed by atoms with van der Waals surface area (Å²) in [5.41, 5.74) is 3.03. The van der Waals surface area contributed by atoms with Gasteiger partial charge in [0.2, 0.25) is 0 Å². The van der Waals surface area contributed by atoms with Crippen LogP contribution in [-0.2, 0) is 6.54 Å². The molecule has 0 N–H and O–H groups in total. The molecule has 0 bridgehead atoms. The Morgan fingerprint density at radius 1 is 0.935 bits per heavy atom. The molecule has 6 nitrogen and oxygen atoms in total. The molecule has 0 saturated carbocycles. The number of halogens is 1. The lowest BCUT2D eigenvalue weighted by Crippen LogP contribution is -2.49. The molecule has 1 fully saturated rings. The van der Waals surface area contributed by atoms with E-state index >= 15 is 0 Å². The Bertz CT molecular complexity index is 1220. The van der Waals surface area contributed by atoms with E-state index in [2.05, 4.69) is 10.1 Å². The molecule has 2 aromatic carbocycles. The SMILES string of the molecule is O=C(c1cnc2c(cnn2Cc2ccccc2)c1)N1CCN(c2ccccc2F)CC1. The van der Waals surface area contributed by atoms with E-state index in [0.717, 1.165) is 16.6 Å². The Kier molecular flexibility index (Phi) is 5.08. The van der Waals surface area contributed by atoms with Crippen LogP contribution in [0.4, 0.5) is 10.1 Å². The smallest absolute Gasteiger partial charge is 0.255 e. The first-order valence-electron chi connectivity index (χ1n) is 10.3. The van der Waals surface area contributed by atoms with Crippen molar-refractivity contribution in [3.05, 3.63) is 90.0 Å². The Labute approximate surface area is 179 Å². The summed E-state index contributed by atoms with van der Waals surface area (Å²) >= 11 is 0. The van der Waals surface area contributed by atoms with Gasteiger partial charge in [0.05, 0.1) is 24.0 Å². The second kappa shape index (κ2) is 8.18. The van der Waals surface area contributed by atoms with Crippen molar-refractivity contribution in [2.45, 2.75) is 6.54 Å². The average Bonchev–Trinajstić information content (AvgIpc) is 3.22. The fraction of sp³-hybridized carbons (Fsp3) is 0.208. The minimum Gasteiger partial charge on any atom is -0.366 e. The van der Waals surface area contributed by atoms with Gasteiger partial charge in [-0.15, -0.1) is 0 Å². The molecule has 5 rings (SSSR count). The zero-order valence-corrected chi connectivity index (χ0v) is 17.0. The summed E-state index contributed by atoms with van der Waals surface area (Å²) in [7, 11) is 0. The highest BCUT2D eigenvalue weighted by molar-refractivity contribution is 5.97. The first-order chi connectivity index (χ1) is 15.2. The van der Waals surface area contributed by atoms with E-state index in [1.807, 2.05) is 52.0 Å². The van der Waals surface area contributed by atoms with E-state index in [0.29, 0.717) is 44.0 Å². The number of piperazine rings is 1. The van der Waals surface area contributed by atoms with Crippen LogP contribution in [-0.4, -0.2) is 51.8 Å². The standard InChI is InChI=1S/C24H22FN5O/c25-21-8-4-5-9-22(21)28-10-12-29(13-11-28)24(31)20-14-19-16-27-30(23(19)26-15-20)17-18-6-2-1-3-7-18/h1-9,14-16H,10-13,17H2.